The minimum Gasteiger partial charge on any atom is -0.469 e. The van der Waals surface area contributed by atoms with Gasteiger partial charge in [0.05, 0.1) is 13.0 Å². The summed E-state index contributed by atoms with van der Waals surface area (Å²) in [6.07, 6.45) is 9.27. The summed E-state index contributed by atoms with van der Waals surface area (Å²) in [7, 11) is 1.41. The summed E-state index contributed by atoms with van der Waals surface area (Å²) >= 11 is 0. The van der Waals surface area contributed by atoms with Crippen molar-refractivity contribution < 1.29 is 14.3 Å². The van der Waals surface area contributed by atoms with Crippen LogP contribution in [0.25, 0.3) is 0 Å². The smallest absolute Gasteiger partial charge is 0.309 e. The highest BCUT2D eigenvalue weighted by molar-refractivity contribution is 5.96. The molecule has 0 radical (unpaired) electrons. The lowest BCUT2D eigenvalue weighted by Crippen LogP contribution is -2.21. The summed E-state index contributed by atoms with van der Waals surface area (Å²) in [5.41, 5.74) is 0.841. The van der Waals surface area contributed by atoms with E-state index in [1.807, 2.05) is 6.08 Å². The lowest BCUT2D eigenvalue weighted by Gasteiger charge is -2.19. The second-order valence-corrected chi connectivity index (χ2v) is 4.96. The molecule has 102 valence electrons. The molecule has 0 bridgehead atoms. The predicted octanol–water partition coefficient (Wildman–Crippen LogP) is 3.43. The van der Waals surface area contributed by atoms with Crippen LogP contribution in [0.4, 0.5) is 0 Å². The third kappa shape index (κ3) is 4.63. The van der Waals surface area contributed by atoms with E-state index in [1.54, 1.807) is 0 Å². The Bertz CT molecular complexity index is 318. The molecule has 0 heterocycles. The van der Waals surface area contributed by atoms with Crippen LogP contribution < -0.4 is 0 Å². The van der Waals surface area contributed by atoms with Crippen LogP contribution in [-0.2, 0) is 14.3 Å². The second kappa shape index (κ2) is 8.06. The Morgan fingerprint density at radius 2 is 2.11 bits per heavy atom. The van der Waals surface area contributed by atoms with Crippen molar-refractivity contribution in [1.29, 1.82) is 0 Å². The lowest BCUT2D eigenvalue weighted by atomic mass is 9.86. The number of ether oxygens (including phenoxy) is 1. The molecule has 0 aliphatic heterocycles. The molecule has 3 heteroatoms. The SMILES string of the molecule is CCCCCCC(=O)C1=CCCC(C(=O)OC)C1. The molecule has 1 rings (SSSR count). The van der Waals surface area contributed by atoms with Crippen molar-refractivity contribution in [2.45, 2.75) is 58.3 Å². The Balaban J connectivity index is 2.38. The van der Waals surface area contributed by atoms with Crippen LogP contribution in [0.5, 0.6) is 0 Å². The molecule has 0 aromatic carbocycles. The Kier molecular flexibility index (Phi) is 6.69. The van der Waals surface area contributed by atoms with Crippen molar-refractivity contribution in [3.05, 3.63) is 11.6 Å². The van der Waals surface area contributed by atoms with E-state index in [1.165, 1.54) is 20.0 Å². The van der Waals surface area contributed by atoms with Gasteiger partial charge in [-0.2, -0.15) is 0 Å². The fraction of sp³-hybridized carbons (Fsp3) is 0.733. The van der Waals surface area contributed by atoms with Crippen molar-refractivity contribution in [2.75, 3.05) is 7.11 Å². The first-order chi connectivity index (χ1) is 8.69. The van der Waals surface area contributed by atoms with E-state index in [0.29, 0.717) is 12.8 Å². The maximum Gasteiger partial charge on any atom is 0.309 e. The fourth-order valence-electron chi connectivity index (χ4n) is 2.38. The normalized spacial score (nSPS) is 19.2. The zero-order chi connectivity index (χ0) is 13.4. The minimum absolute atomic E-state index is 0.116. The molecule has 1 aliphatic rings. The second-order valence-electron chi connectivity index (χ2n) is 4.96. The van der Waals surface area contributed by atoms with Gasteiger partial charge < -0.3 is 4.74 Å². The van der Waals surface area contributed by atoms with Crippen molar-refractivity contribution in [3.8, 4) is 0 Å². The zero-order valence-corrected chi connectivity index (χ0v) is 11.5. The van der Waals surface area contributed by atoms with Crippen LogP contribution in [0.3, 0.4) is 0 Å². The third-order valence-corrected chi connectivity index (χ3v) is 3.52. The maximum atomic E-state index is 12.0. The minimum atomic E-state index is -0.181. The van der Waals surface area contributed by atoms with E-state index < -0.39 is 0 Å². The average molecular weight is 252 g/mol. The molecule has 0 fully saturated rings. The Morgan fingerprint density at radius 1 is 1.33 bits per heavy atom. The van der Waals surface area contributed by atoms with E-state index in [-0.39, 0.29) is 17.7 Å². The molecule has 18 heavy (non-hydrogen) atoms. The topological polar surface area (TPSA) is 43.4 Å². The molecule has 0 amide bonds. The number of ketones is 1. The molecule has 0 N–H and O–H groups in total. The van der Waals surface area contributed by atoms with Gasteiger partial charge in [-0.25, -0.2) is 0 Å². The predicted molar refractivity (Wildman–Crippen MR) is 71.2 cm³/mol. The third-order valence-electron chi connectivity index (χ3n) is 3.52. The molecule has 0 aromatic heterocycles. The first kappa shape index (κ1) is 14.9. The summed E-state index contributed by atoms with van der Waals surface area (Å²) in [5, 5.41) is 0. The Labute approximate surface area is 110 Å². The van der Waals surface area contributed by atoms with Crippen LogP contribution in [0.1, 0.15) is 58.3 Å². The molecular weight excluding hydrogens is 228 g/mol. The molecule has 0 saturated carbocycles. The van der Waals surface area contributed by atoms with Gasteiger partial charge in [0.15, 0.2) is 5.78 Å². The number of Topliss-reactive ketones (excluding diaryl/α,β-unsaturated/α-hetero) is 1. The standard InChI is InChI=1S/C15H24O3/c1-3-4-5-6-10-14(16)12-8-7-9-13(11-12)15(17)18-2/h8,13H,3-7,9-11H2,1-2H3. The zero-order valence-electron chi connectivity index (χ0n) is 11.5. The molecule has 1 atom stereocenters. The highest BCUT2D eigenvalue weighted by atomic mass is 16.5. The quantitative estimate of drug-likeness (QED) is 0.515. The number of allylic oxidation sites excluding steroid dienone is 2. The number of hydrogen-bond acceptors (Lipinski definition) is 3. The highest BCUT2D eigenvalue weighted by Gasteiger charge is 2.25. The average Bonchev–Trinajstić information content (AvgIpc) is 2.42. The molecule has 0 spiro atoms. The van der Waals surface area contributed by atoms with Crippen molar-refractivity contribution in [3.63, 3.8) is 0 Å². The van der Waals surface area contributed by atoms with Crippen LogP contribution in [-0.4, -0.2) is 18.9 Å². The summed E-state index contributed by atoms with van der Waals surface area (Å²) in [6.45, 7) is 2.16. The monoisotopic (exact) mass is 252 g/mol. The van der Waals surface area contributed by atoms with Gasteiger partial charge in [0.25, 0.3) is 0 Å². The van der Waals surface area contributed by atoms with Crippen LogP contribution in [0, 0.1) is 5.92 Å². The van der Waals surface area contributed by atoms with E-state index in [4.69, 9.17) is 4.74 Å². The maximum absolute atomic E-state index is 12.0. The number of carbonyl (C=O) groups is 2. The van der Waals surface area contributed by atoms with Crippen LogP contribution in [0.15, 0.2) is 11.6 Å². The lowest BCUT2D eigenvalue weighted by molar-refractivity contribution is -0.145. The molecule has 1 unspecified atom stereocenters. The van der Waals surface area contributed by atoms with E-state index in [0.717, 1.165) is 31.3 Å². The van der Waals surface area contributed by atoms with E-state index in [9.17, 15) is 9.59 Å². The number of esters is 1. The van der Waals surface area contributed by atoms with Crippen LogP contribution in [0.2, 0.25) is 0 Å². The first-order valence-corrected chi connectivity index (χ1v) is 6.99. The van der Waals surface area contributed by atoms with Crippen molar-refractivity contribution in [2.24, 2.45) is 5.92 Å². The van der Waals surface area contributed by atoms with Gasteiger partial charge in [0, 0.05) is 6.42 Å². The Hall–Kier alpha value is -1.12. The number of methoxy groups -OCH3 is 1. The van der Waals surface area contributed by atoms with E-state index >= 15 is 0 Å². The highest BCUT2D eigenvalue weighted by Crippen LogP contribution is 2.26. The molecular formula is C15H24O3. The van der Waals surface area contributed by atoms with Gasteiger partial charge in [-0.1, -0.05) is 32.3 Å². The summed E-state index contributed by atoms with van der Waals surface area (Å²) in [5.74, 6) is -0.0753. The van der Waals surface area contributed by atoms with Gasteiger partial charge in [-0.05, 0) is 31.3 Å². The Morgan fingerprint density at radius 3 is 2.78 bits per heavy atom. The summed E-state index contributed by atoms with van der Waals surface area (Å²) < 4.78 is 4.75. The molecule has 0 aromatic rings. The number of rotatable bonds is 7. The first-order valence-electron chi connectivity index (χ1n) is 6.99. The van der Waals surface area contributed by atoms with Gasteiger partial charge >= 0.3 is 5.97 Å². The summed E-state index contributed by atoms with van der Waals surface area (Å²) in [6, 6.07) is 0. The van der Waals surface area contributed by atoms with Gasteiger partial charge in [-0.3, -0.25) is 9.59 Å². The number of hydrogen-bond donors (Lipinski definition) is 0. The van der Waals surface area contributed by atoms with Crippen molar-refractivity contribution >= 4 is 11.8 Å². The largest absolute Gasteiger partial charge is 0.469 e. The van der Waals surface area contributed by atoms with Crippen molar-refractivity contribution in [1.82, 2.24) is 0 Å². The fourth-order valence-corrected chi connectivity index (χ4v) is 2.38. The van der Waals surface area contributed by atoms with E-state index in [2.05, 4.69) is 6.92 Å². The van der Waals surface area contributed by atoms with Gasteiger partial charge in [0.1, 0.15) is 0 Å². The molecule has 3 nitrogen and oxygen atoms in total. The number of unbranched alkanes of at least 4 members (excludes halogenated alkanes) is 3. The van der Waals surface area contributed by atoms with Gasteiger partial charge in [0.2, 0.25) is 0 Å². The number of carbonyl (C=O) groups excluding carboxylic acids is 2. The summed E-state index contributed by atoms with van der Waals surface area (Å²) in [4.78, 5) is 23.5. The molecule has 0 saturated heterocycles. The molecule has 1 aliphatic carbocycles. The van der Waals surface area contributed by atoms with Gasteiger partial charge in [-0.15, -0.1) is 0 Å². The van der Waals surface area contributed by atoms with Crippen LogP contribution >= 0.6 is 0 Å².